The fourth-order valence-electron chi connectivity index (χ4n) is 5.75. The second-order valence-corrected chi connectivity index (χ2v) is 10.9. The van der Waals surface area contributed by atoms with Crippen molar-refractivity contribution in [1.29, 1.82) is 0 Å². The van der Waals surface area contributed by atoms with E-state index in [2.05, 4.69) is 20.0 Å². The van der Waals surface area contributed by atoms with Gasteiger partial charge in [0.25, 0.3) is 5.56 Å². The van der Waals surface area contributed by atoms with Crippen LogP contribution in [0.3, 0.4) is 0 Å². The minimum atomic E-state index is -5.01. The summed E-state index contributed by atoms with van der Waals surface area (Å²) < 4.78 is 64.3. The Morgan fingerprint density at radius 1 is 1.07 bits per heavy atom. The lowest BCUT2D eigenvalue weighted by Crippen LogP contribution is -2.53. The van der Waals surface area contributed by atoms with E-state index in [1.807, 2.05) is 4.90 Å². The molecule has 0 saturated carbocycles. The summed E-state index contributed by atoms with van der Waals surface area (Å²) in [4.78, 5) is 36.9. The van der Waals surface area contributed by atoms with E-state index in [0.29, 0.717) is 54.8 Å². The zero-order chi connectivity index (χ0) is 30.3. The van der Waals surface area contributed by atoms with Crippen LogP contribution in [0.4, 0.5) is 23.2 Å². The van der Waals surface area contributed by atoms with Gasteiger partial charge in [-0.25, -0.2) is 9.37 Å². The number of hydrogen-bond donors (Lipinski definition) is 1. The van der Waals surface area contributed by atoms with E-state index in [4.69, 9.17) is 4.74 Å². The number of fused-ring (bicyclic) bond motifs is 3. The lowest BCUT2D eigenvalue weighted by molar-refractivity contribution is -0.274. The van der Waals surface area contributed by atoms with Crippen LogP contribution in [0, 0.1) is 17.7 Å². The number of likely N-dealkylation sites (tertiary alicyclic amines) is 1. The number of benzene rings is 2. The van der Waals surface area contributed by atoms with Gasteiger partial charge in [-0.2, -0.15) is 0 Å². The number of ether oxygens (including phenoxy) is 2. The molecular formula is C30H27F4N5O4. The van der Waals surface area contributed by atoms with Gasteiger partial charge in [0.2, 0.25) is 5.91 Å². The van der Waals surface area contributed by atoms with Gasteiger partial charge < -0.3 is 14.8 Å². The number of nitrogens with zero attached hydrogens (tertiary/aromatic N) is 4. The molecule has 1 amide bonds. The lowest BCUT2D eigenvalue weighted by Gasteiger charge is -2.43. The molecule has 0 aliphatic carbocycles. The first kappa shape index (κ1) is 28.7. The van der Waals surface area contributed by atoms with Crippen LogP contribution in [0.5, 0.6) is 5.75 Å². The maximum Gasteiger partial charge on any atom is 0.573 e. The third kappa shape index (κ3) is 6.22. The zero-order valence-electron chi connectivity index (χ0n) is 23.0. The van der Waals surface area contributed by atoms with Crippen molar-refractivity contribution in [3.05, 3.63) is 77.4 Å². The molecule has 2 fully saturated rings. The van der Waals surface area contributed by atoms with E-state index >= 15 is 0 Å². The molecule has 3 atom stereocenters. The van der Waals surface area contributed by atoms with Crippen LogP contribution in [0.2, 0.25) is 0 Å². The third-order valence-electron chi connectivity index (χ3n) is 7.81. The Morgan fingerprint density at radius 3 is 2.56 bits per heavy atom. The highest BCUT2D eigenvalue weighted by molar-refractivity contribution is 5.96. The van der Waals surface area contributed by atoms with Crippen molar-refractivity contribution in [2.24, 2.45) is 11.8 Å². The first-order valence-corrected chi connectivity index (χ1v) is 13.7. The normalized spacial score (nSPS) is 19.7. The van der Waals surface area contributed by atoms with Crippen molar-refractivity contribution < 1.29 is 31.8 Å². The number of amides is 1. The number of carbonyl (C=O) groups excluding carboxylic acids is 1. The molecule has 1 N–H and O–H groups in total. The predicted octanol–water partition coefficient (Wildman–Crippen LogP) is 4.78. The van der Waals surface area contributed by atoms with Gasteiger partial charge in [0.15, 0.2) is 5.75 Å². The van der Waals surface area contributed by atoms with Gasteiger partial charge in [0, 0.05) is 24.8 Å². The second-order valence-electron chi connectivity index (χ2n) is 10.9. The molecule has 0 spiro atoms. The summed E-state index contributed by atoms with van der Waals surface area (Å²) in [6.07, 6.45) is -0.183. The number of piperidine rings is 1. The monoisotopic (exact) mass is 597 g/mol. The molecule has 3 unspecified atom stereocenters. The molecule has 2 aromatic heterocycles. The maximum absolute atomic E-state index is 13.7. The van der Waals surface area contributed by atoms with E-state index in [1.165, 1.54) is 36.8 Å². The van der Waals surface area contributed by atoms with Crippen molar-refractivity contribution in [3.63, 3.8) is 0 Å². The zero-order valence-corrected chi connectivity index (χ0v) is 23.0. The molecule has 2 saturated heterocycles. The molecule has 13 heteroatoms. The molecule has 2 aliphatic heterocycles. The number of hydrogen-bond acceptors (Lipinski definition) is 7. The third-order valence-corrected chi connectivity index (χ3v) is 7.81. The van der Waals surface area contributed by atoms with Crippen LogP contribution in [0.1, 0.15) is 13.3 Å². The summed E-state index contributed by atoms with van der Waals surface area (Å²) in [6.45, 7) is 4.23. The predicted molar refractivity (Wildman–Crippen MR) is 149 cm³/mol. The molecule has 2 bridgehead atoms. The Hall–Kier alpha value is -4.36. The van der Waals surface area contributed by atoms with Gasteiger partial charge in [-0.1, -0.05) is 6.07 Å². The summed E-state index contributed by atoms with van der Waals surface area (Å²) in [5.41, 5.74) is 0.865. The van der Waals surface area contributed by atoms with Gasteiger partial charge in [-0.3, -0.25) is 24.0 Å². The first-order chi connectivity index (χ1) is 20.5. The van der Waals surface area contributed by atoms with Gasteiger partial charge in [-0.15, -0.1) is 13.2 Å². The Kier molecular flexibility index (Phi) is 7.61. The summed E-state index contributed by atoms with van der Waals surface area (Å²) >= 11 is 0. The minimum Gasteiger partial charge on any atom is -0.404 e. The molecule has 4 aromatic rings. The molecule has 2 aromatic carbocycles. The summed E-state index contributed by atoms with van der Waals surface area (Å²) in [6, 6.07) is 9.01. The molecule has 2 aliphatic rings. The number of pyridine rings is 1. The van der Waals surface area contributed by atoms with Gasteiger partial charge in [-0.05, 0) is 67.1 Å². The molecule has 224 valence electrons. The average molecular weight is 598 g/mol. The number of rotatable bonds is 6. The molecule has 0 radical (unpaired) electrons. The van der Waals surface area contributed by atoms with E-state index < -0.39 is 35.4 Å². The summed E-state index contributed by atoms with van der Waals surface area (Å²) in [5.74, 6) is -1.04. The van der Waals surface area contributed by atoms with Crippen LogP contribution in [0.15, 0.2) is 66.0 Å². The standard InChI is InChI=1S/C30H27F4N5O4/c1-17(38-12-18-6-19(13-38)15-42-14-18)28(40)37-26-9-23(3-5-27(26)43-30(32,33)34)39-16-36-25-8-20(2-4-24(25)29(39)41)21-7-22(31)11-35-10-21/h2-5,7-11,16-19H,6,12-15H2,1H3,(H,37,40). The summed E-state index contributed by atoms with van der Waals surface area (Å²) in [5, 5.41) is 2.81. The largest absolute Gasteiger partial charge is 0.573 e. The minimum absolute atomic E-state index is 0.167. The molecule has 6 rings (SSSR count). The van der Waals surface area contributed by atoms with Crippen molar-refractivity contribution in [2.75, 3.05) is 31.6 Å². The Bertz CT molecular complexity index is 1730. The van der Waals surface area contributed by atoms with Crippen LogP contribution in [-0.4, -0.2) is 64.0 Å². The highest BCUT2D eigenvalue weighted by Gasteiger charge is 2.36. The number of aromatic nitrogens is 3. The first-order valence-electron chi connectivity index (χ1n) is 13.7. The van der Waals surface area contributed by atoms with E-state index in [1.54, 1.807) is 19.1 Å². The van der Waals surface area contributed by atoms with Crippen molar-refractivity contribution in [1.82, 2.24) is 19.4 Å². The quantitative estimate of drug-likeness (QED) is 0.320. The highest BCUT2D eigenvalue weighted by Crippen LogP contribution is 2.33. The average Bonchev–Trinajstić information content (AvgIpc) is 2.97. The van der Waals surface area contributed by atoms with Crippen molar-refractivity contribution >= 4 is 22.5 Å². The second kappa shape index (κ2) is 11.4. The molecule has 9 nitrogen and oxygen atoms in total. The van der Waals surface area contributed by atoms with E-state index in [0.717, 1.165) is 23.3 Å². The van der Waals surface area contributed by atoms with Gasteiger partial charge in [0.05, 0.1) is 47.7 Å². The Morgan fingerprint density at radius 2 is 1.84 bits per heavy atom. The van der Waals surface area contributed by atoms with Crippen LogP contribution >= 0.6 is 0 Å². The number of halogens is 4. The highest BCUT2D eigenvalue weighted by atomic mass is 19.4. The van der Waals surface area contributed by atoms with Crippen molar-refractivity contribution in [3.8, 4) is 22.6 Å². The van der Waals surface area contributed by atoms with Crippen LogP contribution in [-0.2, 0) is 9.53 Å². The smallest absolute Gasteiger partial charge is 0.404 e. The SMILES string of the molecule is CC(C(=O)Nc1cc(-n2cnc3cc(-c4cncc(F)c4)ccc3c2=O)ccc1OC(F)(F)F)N1CC2COCC(C2)C1. The number of carbonyl (C=O) groups is 1. The molecular weight excluding hydrogens is 570 g/mol. The lowest BCUT2D eigenvalue weighted by atomic mass is 9.87. The molecule has 4 heterocycles. The van der Waals surface area contributed by atoms with Crippen molar-refractivity contribution in [2.45, 2.75) is 25.7 Å². The summed E-state index contributed by atoms with van der Waals surface area (Å²) in [7, 11) is 0. The van der Waals surface area contributed by atoms with Crippen LogP contribution < -0.4 is 15.6 Å². The van der Waals surface area contributed by atoms with Crippen LogP contribution in [0.25, 0.3) is 27.7 Å². The fourth-order valence-corrected chi connectivity index (χ4v) is 5.75. The van der Waals surface area contributed by atoms with Gasteiger partial charge >= 0.3 is 6.36 Å². The number of anilines is 1. The topological polar surface area (TPSA) is 98.6 Å². The maximum atomic E-state index is 13.7. The van der Waals surface area contributed by atoms with E-state index in [-0.39, 0.29) is 16.8 Å². The fraction of sp³-hybridized carbons (Fsp3) is 0.333. The van der Waals surface area contributed by atoms with E-state index in [9.17, 15) is 27.2 Å². The number of alkyl halides is 3. The Labute approximate surface area is 243 Å². The Balaban J connectivity index is 1.31. The molecule has 43 heavy (non-hydrogen) atoms. The number of nitrogens with one attached hydrogen (secondary N) is 1. The van der Waals surface area contributed by atoms with Gasteiger partial charge in [0.1, 0.15) is 12.1 Å².